The van der Waals surface area contributed by atoms with Gasteiger partial charge in [0.1, 0.15) is 5.78 Å². The van der Waals surface area contributed by atoms with Gasteiger partial charge in [-0.05, 0) is 6.42 Å². The van der Waals surface area contributed by atoms with Crippen molar-refractivity contribution in [2.24, 2.45) is 5.73 Å². The molecule has 0 rings (SSSR count). The number of carbonyl (C=O) groups is 1. The van der Waals surface area contributed by atoms with E-state index in [1.54, 1.807) is 0 Å². The first-order valence-electron chi connectivity index (χ1n) is 3.44. The molecular formula is C8H13NO. The summed E-state index contributed by atoms with van der Waals surface area (Å²) in [4.78, 5) is 10.9. The molecule has 1 atom stereocenters. The summed E-state index contributed by atoms with van der Waals surface area (Å²) >= 11 is 0. The fourth-order valence-electron chi connectivity index (χ4n) is 0.673. The molecule has 0 aliphatic carbocycles. The summed E-state index contributed by atoms with van der Waals surface area (Å²) in [5.41, 5.74) is 5.42. The van der Waals surface area contributed by atoms with E-state index in [0.29, 0.717) is 12.8 Å². The second kappa shape index (κ2) is 5.01. The molecule has 0 aliphatic rings. The summed E-state index contributed by atoms with van der Waals surface area (Å²) in [5, 5.41) is 0. The number of carbonyl (C=O) groups excluding carboxylic acids is 1. The molecule has 0 aromatic heterocycles. The van der Waals surface area contributed by atoms with Gasteiger partial charge in [-0.2, -0.15) is 0 Å². The molecule has 0 aromatic rings. The summed E-state index contributed by atoms with van der Waals surface area (Å²) in [6, 6.07) is -0.440. The predicted octanol–water partition coefficient (Wildman–Crippen LogP) is 0.706. The smallest absolute Gasteiger partial charge is 0.150 e. The van der Waals surface area contributed by atoms with E-state index < -0.39 is 6.04 Å². The van der Waals surface area contributed by atoms with E-state index in [1.165, 1.54) is 0 Å². The van der Waals surface area contributed by atoms with E-state index in [0.717, 1.165) is 6.42 Å². The molecule has 0 fully saturated rings. The Morgan fingerprint density at radius 3 is 2.80 bits per heavy atom. The molecule has 0 aliphatic heterocycles. The minimum absolute atomic E-state index is 0.0699. The fourth-order valence-corrected chi connectivity index (χ4v) is 0.673. The molecule has 0 saturated carbocycles. The molecule has 0 radical (unpaired) electrons. The van der Waals surface area contributed by atoms with Crippen molar-refractivity contribution in [2.75, 3.05) is 0 Å². The van der Waals surface area contributed by atoms with Crippen molar-refractivity contribution < 1.29 is 4.79 Å². The quantitative estimate of drug-likeness (QED) is 0.583. The van der Waals surface area contributed by atoms with Crippen molar-refractivity contribution in [3.8, 4) is 12.3 Å². The Labute approximate surface area is 61.8 Å². The second-order valence-electron chi connectivity index (χ2n) is 2.23. The molecule has 0 bridgehead atoms. The first-order valence-corrected chi connectivity index (χ1v) is 3.44. The maximum absolute atomic E-state index is 10.9. The Balaban J connectivity index is 3.62. The predicted molar refractivity (Wildman–Crippen MR) is 41.3 cm³/mol. The molecule has 2 nitrogen and oxygen atoms in total. The molecule has 0 aromatic carbocycles. The zero-order chi connectivity index (χ0) is 7.98. The lowest BCUT2D eigenvalue weighted by atomic mass is 10.1. The highest BCUT2D eigenvalue weighted by Gasteiger charge is 2.09. The average molecular weight is 139 g/mol. The van der Waals surface area contributed by atoms with E-state index in [-0.39, 0.29) is 5.78 Å². The van der Waals surface area contributed by atoms with Crippen LogP contribution in [0.3, 0.4) is 0 Å². The van der Waals surface area contributed by atoms with Gasteiger partial charge in [0, 0.05) is 12.8 Å². The number of hydrogen-bond acceptors (Lipinski definition) is 2. The van der Waals surface area contributed by atoms with E-state index >= 15 is 0 Å². The van der Waals surface area contributed by atoms with Crippen molar-refractivity contribution in [1.82, 2.24) is 0 Å². The van der Waals surface area contributed by atoms with Gasteiger partial charge in [0.15, 0.2) is 0 Å². The van der Waals surface area contributed by atoms with Crippen LogP contribution in [0.2, 0.25) is 0 Å². The first kappa shape index (κ1) is 9.19. The molecule has 0 amide bonds. The molecule has 0 heterocycles. The van der Waals surface area contributed by atoms with Crippen molar-refractivity contribution in [1.29, 1.82) is 0 Å². The number of ketones is 1. The minimum Gasteiger partial charge on any atom is -0.321 e. The largest absolute Gasteiger partial charge is 0.321 e. The number of terminal acetylenes is 1. The maximum Gasteiger partial charge on any atom is 0.150 e. The van der Waals surface area contributed by atoms with Crippen LogP contribution in [-0.4, -0.2) is 11.8 Å². The Morgan fingerprint density at radius 1 is 1.80 bits per heavy atom. The molecule has 10 heavy (non-hydrogen) atoms. The first-order chi connectivity index (χ1) is 4.72. The number of hydrogen-bond donors (Lipinski definition) is 1. The van der Waals surface area contributed by atoms with Gasteiger partial charge in [0.2, 0.25) is 0 Å². The monoisotopic (exact) mass is 139 g/mol. The summed E-state index contributed by atoms with van der Waals surface area (Å²) in [7, 11) is 0. The van der Waals surface area contributed by atoms with Crippen LogP contribution in [0, 0.1) is 12.3 Å². The highest BCUT2D eigenvalue weighted by Crippen LogP contribution is 1.95. The van der Waals surface area contributed by atoms with Crippen molar-refractivity contribution >= 4 is 5.78 Å². The zero-order valence-corrected chi connectivity index (χ0v) is 6.26. The van der Waals surface area contributed by atoms with Crippen molar-refractivity contribution in [2.45, 2.75) is 32.2 Å². The van der Waals surface area contributed by atoms with Gasteiger partial charge in [-0.3, -0.25) is 4.79 Å². The molecule has 56 valence electrons. The van der Waals surface area contributed by atoms with Gasteiger partial charge < -0.3 is 5.73 Å². The number of Topliss-reactive ketones (excluding diaryl/α,β-unsaturated/α-hetero) is 1. The Hall–Kier alpha value is -0.810. The van der Waals surface area contributed by atoms with Gasteiger partial charge in [-0.15, -0.1) is 12.3 Å². The number of nitrogens with two attached hydrogens (primary N) is 1. The highest BCUT2D eigenvalue weighted by molar-refractivity contribution is 5.83. The highest BCUT2D eigenvalue weighted by atomic mass is 16.1. The summed E-state index contributed by atoms with van der Waals surface area (Å²) < 4.78 is 0. The van der Waals surface area contributed by atoms with Crippen LogP contribution in [0.25, 0.3) is 0 Å². The SMILES string of the molecule is C#CCC(N)C(=O)CCC. The van der Waals surface area contributed by atoms with Crippen LogP contribution in [0.4, 0.5) is 0 Å². The summed E-state index contributed by atoms with van der Waals surface area (Å²) in [5.74, 6) is 2.43. The molecule has 0 spiro atoms. The molecule has 2 N–H and O–H groups in total. The van der Waals surface area contributed by atoms with Gasteiger partial charge in [0.05, 0.1) is 6.04 Å². The van der Waals surface area contributed by atoms with Gasteiger partial charge in [0.25, 0.3) is 0 Å². The Kier molecular flexibility index (Phi) is 4.61. The molecule has 2 heteroatoms. The third kappa shape index (κ3) is 3.26. The van der Waals surface area contributed by atoms with Crippen LogP contribution in [-0.2, 0) is 4.79 Å². The number of rotatable bonds is 4. The van der Waals surface area contributed by atoms with E-state index in [9.17, 15) is 4.79 Å². The Bertz CT molecular complexity index is 146. The van der Waals surface area contributed by atoms with E-state index in [4.69, 9.17) is 12.2 Å². The fraction of sp³-hybridized carbons (Fsp3) is 0.625. The lowest BCUT2D eigenvalue weighted by Gasteiger charge is -2.03. The van der Waals surface area contributed by atoms with Crippen LogP contribution in [0.5, 0.6) is 0 Å². The third-order valence-electron chi connectivity index (χ3n) is 1.25. The lowest BCUT2D eigenvalue weighted by Crippen LogP contribution is -2.29. The Morgan fingerprint density at radius 2 is 2.40 bits per heavy atom. The standard InChI is InChI=1S/C8H13NO/c1-3-5-7(9)8(10)6-4-2/h1,7H,4-6,9H2,2H3. The topological polar surface area (TPSA) is 43.1 Å². The van der Waals surface area contributed by atoms with Crippen molar-refractivity contribution in [3.05, 3.63) is 0 Å². The van der Waals surface area contributed by atoms with E-state index in [2.05, 4.69) is 5.92 Å². The zero-order valence-electron chi connectivity index (χ0n) is 6.26. The summed E-state index contributed by atoms with van der Waals surface area (Å²) in [6.07, 6.45) is 6.73. The molecule has 0 saturated heterocycles. The van der Waals surface area contributed by atoms with Crippen molar-refractivity contribution in [3.63, 3.8) is 0 Å². The summed E-state index contributed by atoms with van der Waals surface area (Å²) in [6.45, 7) is 1.94. The maximum atomic E-state index is 10.9. The molecule has 1 unspecified atom stereocenters. The van der Waals surface area contributed by atoms with Gasteiger partial charge in [-0.1, -0.05) is 6.92 Å². The van der Waals surface area contributed by atoms with Crippen LogP contribution >= 0.6 is 0 Å². The second-order valence-corrected chi connectivity index (χ2v) is 2.23. The third-order valence-corrected chi connectivity index (χ3v) is 1.25. The van der Waals surface area contributed by atoms with Gasteiger partial charge >= 0.3 is 0 Å². The normalized spacial score (nSPS) is 12.1. The minimum atomic E-state index is -0.440. The molecular weight excluding hydrogens is 126 g/mol. The lowest BCUT2D eigenvalue weighted by molar-refractivity contribution is -0.120. The van der Waals surface area contributed by atoms with E-state index in [1.807, 2.05) is 6.92 Å². The van der Waals surface area contributed by atoms with Crippen LogP contribution in [0.15, 0.2) is 0 Å². The average Bonchev–Trinajstić information content (AvgIpc) is 1.89. The van der Waals surface area contributed by atoms with Crippen LogP contribution in [0.1, 0.15) is 26.2 Å². The van der Waals surface area contributed by atoms with Gasteiger partial charge in [-0.25, -0.2) is 0 Å². The van der Waals surface area contributed by atoms with Crippen LogP contribution < -0.4 is 5.73 Å².